The molecule has 0 radical (unpaired) electrons. The zero-order valence-corrected chi connectivity index (χ0v) is 15.1. The quantitative estimate of drug-likeness (QED) is 0.672. The van der Waals surface area contributed by atoms with Crippen LogP contribution in [0.5, 0.6) is 5.75 Å². The van der Waals surface area contributed by atoms with E-state index in [1.165, 1.54) is 17.0 Å². The monoisotopic (exact) mass is 367 g/mol. The summed E-state index contributed by atoms with van der Waals surface area (Å²) in [7, 11) is 1.59. The van der Waals surface area contributed by atoms with Crippen molar-refractivity contribution in [2.24, 2.45) is 0 Å². The zero-order chi connectivity index (χ0) is 18.1. The summed E-state index contributed by atoms with van der Waals surface area (Å²) in [6.45, 7) is 0.631. The van der Waals surface area contributed by atoms with Gasteiger partial charge in [0.15, 0.2) is 0 Å². The Bertz CT molecular complexity index is 935. The molecule has 5 heteroatoms. The molecule has 0 fully saturated rings. The highest BCUT2D eigenvalue weighted by molar-refractivity contribution is 7.10. The number of carbonyl (C=O) groups excluding carboxylic acids is 1. The van der Waals surface area contributed by atoms with E-state index in [4.69, 9.17) is 4.74 Å². The summed E-state index contributed by atoms with van der Waals surface area (Å²) in [6, 6.07) is 15.5. The first kappa shape index (κ1) is 16.8. The lowest BCUT2D eigenvalue weighted by Crippen LogP contribution is -2.40. The predicted octanol–water partition coefficient (Wildman–Crippen LogP) is 4.68. The maximum Gasteiger partial charge on any atom is 0.254 e. The molecule has 0 bridgehead atoms. The first-order valence-electron chi connectivity index (χ1n) is 8.44. The number of fused-ring (bicyclic) bond motifs is 1. The van der Waals surface area contributed by atoms with E-state index in [2.05, 4.69) is 11.4 Å². The average molecular weight is 367 g/mol. The van der Waals surface area contributed by atoms with Crippen molar-refractivity contribution in [2.75, 3.05) is 13.7 Å². The molecule has 0 saturated carbocycles. The predicted molar refractivity (Wildman–Crippen MR) is 100 cm³/mol. The van der Waals surface area contributed by atoms with Gasteiger partial charge in [-0.1, -0.05) is 18.2 Å². The number of methoxy groups -OCH3 is 1. The van der Waals surface area contributed by atoms with Gasteiger partial charge in [-0.2, -0.15) is 0 Å². The van der Waals surface area contributed by atoms with Gasteiger partial charge >= 0.3 is 0 Å². The molecule has 0 N–H and O–H groups in total. The molecular weight excluding hydrogens is 349 g/mol. The van der Waals surface area contributed by atoms with Crippen molar-refractivity contribution >= 4 is 17.2 Å². The third-order valence-electron chi connectivity index (χ3n) is 4.73. The highest BCUT2D eigenvalue weighted by atomic mass is 32.1. The number of carbonyl (C=O) groups is 1. The van der Waals surface area contributed by atoms with Crippen LogP contribution in [0, 0.1) is 5.82 Å². The molecule has 26 heavy (non-hydrogen) atoms. The number of ether oxygens (including phenoxy) is 1. The Morgan fingerprint density at radius 3 is 2.77 bits per heavy atom. The van der Waals surface area contributed by atoms with Crippen LogP contribution in [-0.2, 0) is 6.42 Å². The summed E-state index contributed by atoms with van der Waals surface area (Å²) < 4.78 is 18.7. The fourth-order valence-electron chi connectivity index (χ4n) is 3.46. The van der Waals surface area contributed by atoms with Crippen LogP contribution >= 0.6 is 11.3 Å². The summed E-state index contributed by atoms with van der Waals surface area (Å²) >= 11 is 1.71. The van der Waals surface area contributed by atoms with Gasteiger partial charge in [0.1, 0.15) is 11.6 Å². The number of amides is 1. The third kappa shape index (κ3) is 2.99. The topological polar surface area (TPSA) is 29.5 Å². The Balaban J connectivity index is 1.76. The van der Waals surface area contributed by atoms with Crippen LogP contribution in [0.2, 0.25) is 0 Å². The summed E-state index contributed by atoms with van der Waals surface area (Å²) in [5.41, 5.74) is 2.64. The van der Waals surface area contributed by atoms with E-state index in [1.807, 2.05) is 17.0 Å². The minimum absolute atomic E-state index is 0.0462. The van der Waals surface area contributed by atoms with Crippen LogP contribution in [0.25, 0.3) is 0 Å². The first-order chi connectivity index (χ1) is 12.7. The summed E-state index contributed by atoms with van der Waals surface area (Å²) in [5.74, 6) is 0.332. The van der Waals surface area contributed by atoms with Crippen molar-refractivity contribution in [1.82, 2.24) is 4.90 Å². The smallest absolute Gasteiger partial charge is 0.254 e. The standard InChI is InChI=1S/C21H18FNO2S/c1-25-17-4-2-3-15(13-17)21(24)23-11-9-19-18(10-12-26-19)20(23)14-5-7-16(22)8-6-14/h2-8,10,12-13,20H,9,11H2,1H3/t20-/m0/s1. The molecule has 0 unspecified atom stereocenters. The first-order valence-corrected chi connectivity index (χ1v) is 9.32. The Morgan fingerprint density at radius 2 is 2.00 bits per heavy atom. The van der Waals surface area contributed by atoms with Crippen LogP contribution in [0.4, 0.5) is 4.39 Å². The van der Waals surface area contributed by atoms with Crippen LogP contribution < -0.4 is 4.74 Å². The van der Waals surface area contributed by atoms with Crippen molar-refractivity contribution < 1.29 is 13.9 Å². The molecule has 1 aliphatic rings. The number of rotatable bonds is 3. The van der Waals surface area contributed by atoms with E-state index in [1.54, 1.807) is 42.7 Å². The second kappa shape index (κ2) is 6.92. The molecule has 2 aromatic carbocycles. The van der Waals surface area contributed by atoms with Crippen molar-refractivity contribution in [1.29, 1.82) is 0 Å². The number of halogens is 1. The van der Waals surface area contributed by atoms with Gasteiger partial charge in [-0.05, 0) is 59.3 Å². The molecule has 1 aliphatic heterocycles. The SMILES string of the molecule is COc1cccc(C(=O)N2CCc3sccc3[C@@H]2c2ccc(F)cc2)c1. The highest BCUT2D eigenvalue weighted by Gasteiger charge is 2.33. The largest absolute Gasteiger partial charge is 0.497 e. The van der Waals surface area contributed by atoms with Gasteiger partial charge in [0.25, 0.3) is 5.91 Å². The second-order valence-corrected chi connectivity index (χ2v) is 7.23. The molecule has 1 aromatic heterocycles. The summed E-state index contributed by atoms with van der Waals surface area (Å²) in [4.78, 5) is 16.4. The third-order valence-corrected chi connectivity index (χ3v) is 5.73. The lowest BCUT2D eigenvalue weighted by atomic mass is 9.92. The van der Waals surface area contributed by atoms with Gasteiger partial charge in [-0.15, -0.1) is 11.3 Å². The lowest BCUT2D eigenvalue weighted by Gasteiger charge is -2.36. The van der Waals surface area contributed by atoms with E-state index < -0.39 is 0 Å². The second-order valence-electron chi connectivity index (χ2n) is 6.23. The van der Waals surface area contributed by atoms with E-state index in [0.717, 1.165) is 17.5 Å². The molecule has 2 heterocycles. The molecule has 0 saturated heterocycles. The lowest BCUT2D eigenvalue weighted by molar-refractivity contribution is 0.0695. The molecule has 3 aromatic rings. The fraction of sp³-hybridized carbons (Fsp3) is 0.190. The van der Waals surface area contributed by atoms with Gasteiger partial charge in [-0.3, -0.25) is 4.79 Å². The zero-order valence-electron chi connectivity index (χ0n) is 14.3. The number of hydrogen-bond donors (Lipinski definition) is 0. The number of nitrogens with zero attached hydrogens (tertiary/aromatic N) is 1. The maximum absolute atomic E-state index is 13.4. The number of thiophene rings is 1. The normalized spacial score (nSPS) is 16.2. The maximum atomic E-state index is 13.4. The van der Waals surface area contributed by atoms with Crippen molar-refractivity contribution in [3.8, 4) is 5.75 Å². The average Bonchev–Trinajstić information content (AvgIpc) is 3.16. The number of benzene rings is 2. The Labute approximate surface area is 155 Å². The molecule has 0 aliphatic carbocycles. The van der Waals surface area contributed by atoms with Crippen molar-refractivity contribution in [3.05, 3.63) is 87.4 Å². The molecule has 4 rings (SSSR count). The van der Waals surface area contributed by atoms with E-state index >= 15 is 0 Å². The fourth-order valence-corrected chi connectivity index (χ4v) is 4.37. The Kier molecular flexibility index (Phi) is 4.47. The molecule has 0 spiro atoms. The van der Waals surface area contributed by atoms with Crippen LogP contribution in [0.1, 0.15) is 32.4 Å². The summed E-state index contributed by atoms with van der Waals surface area (Å²) in [5, 5.41) is 2.06. The molecule has 132 valence electrons. The van der Waals surface area contributed by atoms with Gasteiger partial charge in [0, 0.05) is 17.0 Å². The molecule has 1 amide bonds. The van der Waals surface area contributed by atoms with E-state index in [0.29, 0.717) is 17.9 Å². The minimum Gasteiger partial charge on any atom is -0.497 e. The van der Waals surface area contributed by atoms with E-state index in [9.17, 15) is 9.18 Å². The molecular formula is C21H18FNO2S. The molecule has 3 nitrogen and oxygen atoms in total. The van der Waals surface area contributed by atoms with Gasteiger partial charge in [0.05, 0.1) is 13.2 Å². The van der Waals surface area contributed by atoms with Crippen molar-refractivity contribution in [3.63, 3.8) is 0 Å². The van der Waals surface area contributed by atoms with Crippen LogP contribution in [-0.4, -0.2) is 24.5 Å². The highest BCUT2D eigenvalue weighted by Crippen LogP contribution is 2.38. The van der Waals surface area contributed by atoms with Gasteiger partial charge < -0.3 is 9.64 Å². The summed E-state index contributed by atoms with van der Waals surface area (Å²) in [6.07, 6.45) is 0.834. The van der Waals surface area contributed by atoms with Crippen molar-refractivity contribution in [2.45, 2.75) is 12.5 Å². The van der Waals surface area contributed by atoms with Crippen LogP contribution in [0.15, 0.2) is 60.0 Å². The molecule has 1 atom stereocenters. The van der Waals surface area contributed by atoms with Crippen LogP contribution in [0.3, 0.4) is 0 Å². The van der Waals surface area contributed by atoms with Gasteiger partial charge in [0.2, 0.25) is 0 Å². The van der Waals surface area contributed by atoms with Gasteiger partial charge in [-0.25, -0.2) is 4.39 Å². The Morgan fingerprint density at radius 1 is 1.19 bits per heavy atom. The van der Waals surface area contributed by atoms with E-state index in [-0.39, 0.29) is 17.8 Å². The Hall–Kier alpha value is -2.66. The minimum atomic E-state index is -0.277. The number of hydrogen-bond acceptors (Lipinski definition) is 3.